The van der Waals surface area contributed by atoms with Gasteiger partial charge in [0, 0.05) is 12.1 Å². The highest BCUT2D eigenvalue weighted by atomic mass is 15.1. The number of pyridine rings is 1. The van der Waals surface area contributed by atoms with Crippen LogP contribution in [-0.2, 0) is 13.0 Å². The van der Waals surface area contributed by atoms with Crippen molar-refractivity contribution in [3.8, 4) is 17.2 Å². The topological polar surface area (TPSA) is 54.5 Å². The van der Waals surface area contributed by atoms with E-state index in [4.69, 9.17) is 9.97 Å². The average molecular weight is 435 g/mol. The number of nitriles is 1. The van der Waals surface area contributed by atoms with Crippen molar-refractivity contribution in [3.05, 3.63) is 82.3 Å². The summed E-state index contributed by atoms with van der Waals surface area (Å²) in [6.07, 6.45) is 6.01. The number of benzene rings is 2. The lowest BCUT2D eigenvalue weighted by molar-refractivity contribution is 0.723. The maximum absolute atomic E-state index is 9.70. The fraction of sp³-hybridized carbons (Fsp3) is 0.345. The van der Waals surface area contributed by atoms with Crippen molar-refractivity contribution >= 4 is 11.2 Å². The summed E-state index contributed by atoms with van der Waals surface area (Å²) < 4.78 is 2.24. The van der Waals surface area contributed by atoms with Crippen LogP contribution in [0.2, 0.25) is 0 Å². The van der Waals surface area contributed by atoms with E-state index >= 15 is 0 Å². The smallest absolute Gasteiger partial charge is 0.160 e. The maximum atomic E-state index is 9.70. The van der Waals surface area contributed by atoms with E-state index in [1.807, 2.05) is 13.0 Å². The molecule has 4 nitrogen and oxygen atoms in total. The molecule has 0 atom stereocenters. The molecule has 5 rings (SSSR count). The number of rotatable bonds is 5. The fourth-order valence-electron chi connectivity index (χ4n) is 5.27. The van der Waals surface area contributed by atoms with E-state index in [0.717, 1.165) is 52.3 Å². The molecule has 1 aliphatic carbocycles. The normalized spacial score (nSPS) is 14.1. The first kappa shape index (κ1) is 21.4. The molecular formula is C29H30N4. The van der Waals surface area contributed by atoms with Crippen LogP contribution < -0.4 is 0 Å². The Morgan fingerprint density at radius 1 is 1.00 bits per heavy atom. The Kier molecular flexibility index (Phi) is 5.72. The molecule has 2 aromatic carbocycles. The van der Waals surface area contributed by atoms with Gasteiger partial charge >= 0.3 is 0 Å². The molecule has 1 saturated carbocycles. The van der Waals surface area contributed by atoms with E-state index in [2.05, 4.69) is 66.9 Å². The van der Waals surface area contributed by atoms with Crippen molar-refractivity contribution in [1.29, 1.82) is 5.26 Å². The van der Waals surface area contributed by atoms with Crippen LogP contribution in [-0.4, -0.2) is 14.5 Å². The van der Waals surface area contributed by atoms with Gasteiger partial charge in [0.15, 0.2) is 5.65 Å². The fourth-order valence-corrected chi connectivity index (χ4v) is 5.27. The monoisotopic (exact) mass is 434 g/mol. The summed E-state index contributed by atoms with van der Waals surface area (Å²) in [6, 6.07) is 19.5. The first-order chi connectivity index (χ1) is 16.1. The van der Waals surface area contributed by atoms with Crippen LogP contribution in [0.3, 0.4) is 0 Å². The molecule has 2 aromatic heterocycles. The van der Waals surface area contributed by atoms with Crippen LogP contribution in [0.25, 0.3) is 22.3 Å². The Balaban J connectivity index is 1.48. The SMILES string of the molecule is CCc1nc2c(C)cc(C)nc2n1Cc1ccc(-c2cc(C3CCCC3)ccc2C#N)cc1. The molecule has 1 fully saturated rings. The van der Waals surface area contributed by atoms with Gasteiger partial charge in [-0.25, -0.2) is 9.97 Å². The first-order valence-electron chi connectivity index (χ1n) is 12.0. The minimum absolute atomic E-state index is 0.636. The predicted molar refractivity (Wildman–Crippen MR) is 133 cm³/mol. The number of hydrogen-bond donors (Lipinski definition) is 0. The van der Waals surface area contributed by atoms with Gasteiger partial charge in [0.2, 0.25) is 0 Å². The van der Waals surface area contributed by atoms with Crippen molar-refractivity contribution < 1.29 is 0 Å². The van der Waals surface area contributed by atoms with E-state index in [9.17, 15) is 5.26 Å². The largest absolute Gasteiger partial charge is 0.308 e. The molecule has 0 amide bonds. The number of hydrogen-bond acceptors (Lipinski definition) is 3. The highest BCUT2D eigenvalue weighted by molar-refractivity contribution is 5.76. The number of aromatic nitrogens is 3. The van der Waals surface area contributed by atoms with E-state index in [-0.39, 0.29) is 0 Å². The minimum Gasteiger partial charge on any atom is -0.308 e. The second kappa shape index (κ2) is 8.83. The lowest BCUT2D eigenvalue weighted by atomic mass is 9.91. The van der Waals surface area contributed by atoms with Gasteiger partial charge in [0.25, 0.3) is 0 Å². The van der Waals surface area contributed by atoms with Gasteiger partial charge in [-0.15, -0.1) is 0 Å². The summed E-state index contributed by atoms with van der Waals surface area (Å²) in [6.45, 7) is 7.03. The van der Waals surface area contributed by atoms with E-state index in [0.29, 0.717) is 5.92 Å². The highest BCUT2D eigenvalue weighted by Crippen LogP contribution is 2.36. The molecule has 0 N–H and O–H groups in total. The zero-order valence-electron chi connectivity index (χ0n) is 19.7. The molecule has 0 unspecified atom stereocenters. The third kappa shape index (κ3) is 4.04. The summed E-state index contributed by atoms with van der Waals surface area (Å²) >= 11 is 0. The Morgan fingerprint density at radius 3 is 2.45 bits per heavy atom. The third-order valence-corrected chi connectivity index (χ3v) is 7.01. The standard InChI is InChI=1S/C29H30N4/c1-4-27-32-28-19(2)15-20(3)31-29(28)33(27)18-21-9-11-23(12-10-21)26-16-24(13-14-25(26)17-30)22-7-5-6-8-22/h9-16,22H,4-8,18H2,1-3H3. The highest BCUT2D eigenvalue weighted by Gasteiger charge is 2.19. The van der Waals surface area contributed by atoms with Crippen molar-refractivity contribution in [1.82, 2.24) is 14.5 Å². The third-order valence-electron chi connectivity index (χ3n) is 7.01. The minimum atomic E-state index is 0.636. The zero-order chi connectivity index (χ0) is 22.9. The molecule has 33 heavy (non-hydrogen) atoms. The second-order valence-electron chi connectivity index (χ2n) is 9.32. The Hall–Kier alpha value is -3.45. The zero-order valence-corrected chi connectivity index (χ0v) is 19.7. The molecule has 0 radical (unpaired) electrons. The summed E-state index contributed by atoms with van der Waals surface area (Å²) in [7, 11) is 0. The van der Waals surface area contributed by atoms with E-state index in [1.165, 1.54) is 42.4 Å². The lowest BCUT2D eigenvalue weighted by Crippen LogP contribution is -2.05. The second-order valence-corrected chi connectivity index (χ2v) is 9.32. The lowest BCUT2D eigenvalue weighted by Gasteiger charge is -2.14. The molecule has 0 bridgehead atoms. The Morgan fingerprint density at radius 2 is 1.76 bits per heavy atom. The Labute approximate surface area is 195 Å². The van der Waals surface area contributed by atoms with Crippen LogP contribution in [0.4, 0.5) is 0 Å². The molecule has 166 valence electrons. The van der Waals surface area contributed by atoms with E-state index in [1.54, 1.807) is 0 Å². The van der Waals surface area contributed by atoms with Gasteiger partial charge in [-0.2, -0.15) is 5.26 Å². The van der Waals surface area contributed by atoms with Crippen molar-refractivity contribution in [2.24, 2.45) is 0 Å². The summed E-state index contributed by atoms with van der Waals surface area (Å²) in [5, 5.41) is 9.70. The Bertz CT molecular complexity index is 1350. The van der Waals surface area contributed by atoms with Crippen LogP contribution in [0.5, 0.6) is 0 Å². The van der Waals surface area contributed by atoms with Gasteiger partial charge in [-0.05, 0) is 78.6 Å². The number of aryl methyl sites for hydroxylation is 3. The van der Waals surface area contributed by atoms with Crippen LogP contribution in [0.1, 0.15) is 72.3 Å². The summed E-state index contributed by atoms with van der Waals surface area (Å²) in [5.41, 5.74) is 9.63. The molecule has 0 aliphatic heterocycles. The van der Waals surface area contributed by atoms with E-state index < -0.39 is 0 Å². The summed E-state index contributed by atoms with van der Waals surface area (Å²) in [5.74, 6) is 1.70. The van der Waals surface area contributed by atoms with Crippen molar-refractivity contribution in [2.75, 3.05) is 0 Å². The molecule has 4 aromatic rings. The summed E-state index contributed by atoms with van der Waals surface area (Å²) in [4.78, 5) is 9.67. The molecule has 0 saturated heterocycles. The molecule has 2 heterocycles. The van der Waals surface area contributed by atoms with Gasteiger partial charge < -0.3 is 4.57 Å². The molecule has 1 aliphatic rings. The van der Waals surface area contributed by atoms with Crippen molar-refractivity contribution in [3.63, 3.8) is 0 Å². The van der Waals surface area contributed by atoms with Gasteiger partial charge in [0.1, 0.15) is 11.3 Å². The quantitative estimate of drug-likeness (QED) is 0.345. The molecule has 0 spiro atoms. The predicted octanol–water partition coefficient (Wildman–Crippen LogP) is 6.86. The average Bonchev–Trinajstić information content (AvgIpc) is 3.48. The number of fused-ring (bicyclic) bond motifs is 1. The van der Waals surface area contributed by atoms with Gasteiger partial charge in [-0.3, -0.25) is 0 Å². The van der Waals surface area contributed by atoms with Gasteiger partial charge in [-0.1, -0.05) is 50.1 Å². The van der Waals surface area contributed by atoms with Crippen molar-refractivity contribution in [2.45, 2.75) is 65.3 Å². The van der Waals surface area contributed by atoms with Crippen LogP contribution >= 0.6 is 0 Å². The first-order valence-corrected chi connectivity index (χ1v) is 12.0. The number of nitrogens with zero attached hydrogens (tertiary/aromatic N) is 4. The molecular weight excluding hydrogens is 404 g/mol. The number of imidazole rings is 1. The van der Waals surface area contributed by atoms with Crippen LogP contribution in [0, 0.1) is 25.2 Å². The van der Waals surface area contributed by atoms with Crippen LogP contribution in [0.15, 0.2) is 48.5 Å². The van der Waals surface area contributed by atoms with Gasteiger partial charge in [0.05, 0.1) is 18.2 Å². The molecule has 4 heteroatoms. The maximum Gasteiger partial charge on any atom is 0.160 e.